The van der Waals surface area contributed by atoms with Crippen LogP contribution in [0.4, 0.5) is 5.13 Å². The third kappa shape index (κ3) is 3.76. The van der Waals surface area contributed by atoms with E-state index in [1.165, 1.54) is 0 Å². The predicted octanol–water partition coefficient (Wildman–Crippen LogP) is 4.63. The van der Waals surface area contributed by atoms with Gasteiger partial charge < -0.3 is 5.32 Å². The number of rotatable bonds is 4. The lowest BCUT2D eigenvalue weighted by atomic mass is 9.98. The van der Waals surface area contributed by atoms with Crippen LogP contribution < -0.4 is 5.32 Å². The lowest BCUT2D eigenvalue weighted by molar-refractivity contribution is 0.585. The molecule has 2 heterocycles. The Hall–Kier alpha value is -0.940. The average Bonchev–Trinajstić information content (AvgIpc) is 2.94. The molecule has 0 fully saturated rings. The second-order valence-corrected chi connectivity index (χ2v) is 7.98. The molecule has 5 heteroatoms. The van der Waals surface area contributed by atoms with Crippen molar-refractivity contribution in [2.75, 3.05) is 11.9 Å². The minimum atomic E-state index is 0.109. The monoisotopic (exact) mass is 295 g/mol. The molecule has 0 spiro atoms. The first-order chi connectivity index (χ1) is 8.86. The van der Waals surface area contributed by atoms with Crippen LogP contribution in [0, 0.1) is 5.92 Å². The normalized spacial score (nSPS) is 12.1. The van der Waals surface area contributed by atoms with Gasteiger partial charge in [0.25, 0.3) is 0 Å². The molecular formula is C14H21N3S2. The lowest BCUT2D eigenvalue weighted by Gasteiger charge is -2.13. The second kappa shape index (κ2) is 5.59. The summed E-state index contributed by atoms with van der Waals surface area (Å²) in [6.45, 7) is 11.9. The van der Waals surface area contributed by atoms with Gasteiger partial charge in [0.15, 0.2) is 5.13 Å². The van der Waals surface area contributed by atoms with Crippen LogP contribution in [0.3, 0.4) is 0 Å². The van der Waals surface area contributed by atoms with E-state index in [9.17, 15) is 0 Å². The Morgan fingerprint density at radius 1 is 1.32 bits per heavy atom. The topological polar surface area (TPSA) is 37.8 Å². The molecule has 2 aromatic heterocycles. The number of hydrogen-bond acceptors (Lipinski definition) is 5. The summed E-state index contributed by atoms with van der Waals surface area (Å²) in [6, 6.07) is 0. The van der Waals surface area contributed by atoms with E-state index >= 15 is 0 Å². The maximum atomic E-state index is 4.63. The van der Waals surface area contributed by atoms with E-state index < -0.39 is 0 Å². The molecular weight excluding hydrogens is 274 g/mol. The van der Waals surface area contributed by atoms with Crippen LogP contribution >= 0.6 is 22.7 Å². The molecule has 2 rings (SSSR count). The number of hydrogen-bond donors (Lipinski definition) is 1. The molecule has 104 valence electrons. The fourth-order valence-corrected chi connectivity index (χ4v) is 3.23. The summed E-state index contributed by atoms with van der Waals surface area (Å²) in [5, 5.41) is 7.62. The third-order valence-corrected chi connectivity index (χ3v) is 4.81. The van der Waals surface area contributed by atoms with E-state index in [2.05, 4.69) is 55.3 Å². The minimum Gasteiger partial charge on any atom is -0.361 e. The molecule has 0 aliphatic carbocycles. The van der Waals surface area contributed by atoms with Crippen LogP contribution in [-0.4, -0.2) is 16.5 Å². The molecule has 0 atom stereocenters. The van der Waals surface area contributed by atoms with Crippen LogP contribution in [-0.2, 0) is 5.41 Å². The van der Waals surface area contributed by atoms with E-state index in [4.69, 9.17) is 0 Å². The maximum absolute atomic E-state index is 4.63. The summed E-state index contributed by atoms with van der Waals surface area (Å²) in [7, 11) is 0. The number of aromatic nitrogens is 2. The summed E-state index contributed by atoms with van der Waals surface area (Å²) in [4.78, 5) is 10.3. The Morgan fingerprint density at radius 3 is 2.63 bits per heavy atom. The Kier molecular flexibility index (Phi) is 4.26. The van der Waals surface area contributed by atoms with Gasteiger partial charge in [-0.05, 0) is 5.92 Å². The van der Waals surface area contributed by atoms with Gasteiger partial charge in [0.2, 0.25) is 0 Å². The van der Waals surface area contributed by atoms with Crippen LogP contribution in [0.15, 0.2) is 11.6 Å². The fourth-order valence-electron chi connectivity index (χ4n) is 1.50. The Morgan fingerprint density at radius 2 is 2.05 bits per heavy atom. The Balaban J connectivity index is 2.12. The summed E-state index contributed by atoms with van der Waals surface area (Å²) in [6.07, 6.45) is 1.94. The van der Waals surface area contributed by atoms with Gasteiger partial charge in [-0.25, -0.2) is 9.97 Å². The van der Waals surface area contributed by atoms with Gasteiger partial charge in [-0.15, -0.1) is 22.7 Å². The first kappa shape index (κ1) is 14.5. The zero-order valence-electron chi connectivity index (χ0n) is 12.2. The SMILES string of the molecule is CC(C)CNc1nc(-c2cnc(C(C)(C)C)s2)cs1. The zero-order chi connectivity index (χ0) is 14.0. The first-order valence-corrected chi connectivity index (χ1v) is 8.22. The van der Waals surface area contributed by atoms with Gasteiger partial charge in [0.05, 0.1) is 15.6 Å². The maximum Gasteiger partial charge on any atom is 0.183 e. The largest absolute Gasteiger partial charge is 0.361 e. The van der Waals surface area contributed by atoms with Crippen molar-refractivity contribution in [1.29, 1.82) is 0 Å². The van der Waals surface area contributed by atoms with Crippen LogP contribution in [0.25, 0.3) is 10.6 Å². The molecule has 2 aromatic rings. The molecule has 19 heavy (non-hydrogen) atoms. The Labute approximate surface area is 123 Å². The quantitative estimate of drug-likeness (QED) is 0.893. The van der Waals surface area contributed by atoms with E-state index in [1.54, 1.807) is 22.7 Å². The van der Waals surface area contributed by atoms with E-state index in [0.717, 1.165) is 27.3 Å². The van der Waals surface area contributed by atoms with Gasteiger partial charge in [0.1, 0.15) is 0 Å². The van der Waals surface area contributed by atoms with Crippen LogP contribution in [0.1, 0.15) is 39.6 Å². The summed E-state index contributed by atoms with van der Waals surface area (Å²) in [5.74, 6) is 0.628. The standard InChI is InChI=1S/C14H21N3S2/c1-9(2)6-16-13-17-10(8-18-13)11-7-15-12(19-11)14(3,4)5/h7-9H,6H2,1-5H3,(H,16,17). The molecule has 0 amide bonds. The van der Waals surface area contributed by atoms with Gasteiger partial charge in [-0.3, -0.25) is 0 Å². The van der Waals surface area contributed by atoms with Gasteiger partial charge in [0, 0.05) is 23.5 Å². The van der Waals surface area contributed by atoms with Crippen molar-refractivity contribution >= 4 is 27.8 Å². The van der Waals surface area contributed by atoms with Gasteiger partial charge in [-0.1, -0.05) is 34.6 Å². The van der Waals surface area contributed by atoms with Crippen molar-refractivity contribution in [2.45, 2.75) is 40.0 Å². The summed E-state index contributed by atoms with van der Waals surface area (Å²) >= 11 is 3.40. The van der Waals surface area contributed by atoms with Crippen molar-refractivity contribution in [1.82, 2.24) is 9.97 Å². The predicted molar refractivity (Wildman–Crippen MR) is 85.2 cm³/mol. The van der Waals surface area contributed by atoms with Crippen molar-refractivity contribution < 1.29 is 0 Å². The van der Waals surface area contributed by atoms with Crippen molar-refractivity contribution in [2.24, 2.45) is 5.92 Å². The van der Waals surface area contributed by atoms with Crippen molar-refractivity contribution in [3.05, 3.63) is 16.6 Å². The summed E-state index contributed by atoms with van der Waals surface area (Å²) in [5.41, 5.74) is 1.14. The molecule has 0 aliphatic heterocycles. The van der Waals surface area contributed by atoms with E-state index in [1.807, 2.05) is 6.20 Å². The average molecular weight is 295 g/mol. The zero-order valence-corrected chi connectivity index (χ0v) is 13.8. The second-order valence-electron chi connectivity index (χ2n) is 6.09. The highest BCUT2D eigenvalue weighted by atomic mass is 32.1. The molecule has 0 saturated heterocycles. The highest BCUT2D eigenvalue weighted by Gasteiger charge is 2.19. The highest BCUT2D eigenvalue weighted by Crippen LogP contribution is 2.34. The van der Waals surface area contributed by atoms with E-state index in [0.29, 0.717) is 5.92 Å². The first-order valence-electron chi connectivity index (χ1n) is 6.52. The van der Waals surface area contributed by atoms with Gasteiger partial charge in [-0.2, -0.15) is 0 Å². The number of nitrogens with one attached hydrogen (secondary N) is 1. The highest BCUT2D eigenvalue weighted by molar-refractivity contribution is 7.16. The fraction of sp³-hybridized carbons (Fsp3) is 0.571. The number of anilines is 1. The number of thiazole rings is 2. The number of nitrogens with zero attached hydrogens (tertiary/aromatic N) is 2. The molecule has 0 aromatic carbocycles. The molecule has 3 nitrogen and oxygen atoms in total. The van der Waals surface area contributed by atoms with Crippen LogP contribution in [0.2, 0.25) is 0 Å². The molecule has 0 radical (unpaired) electrons. The third-order valence-electron chi connectivity index (χ3n) is 2.57. The van der Waals surface area contributed by atoms with Crippen LogP contribution in [0.5, 0.6) is 0 Å². The molecule has 1 N–H and O–H groups in total. The molecule has 0 aliphatic rings. The lowest BCUT2D eigenvalue weighted by Crippen LogP contribution is -2.09. The minimum absolute atomic E-state index is 0.109. The smallest absolute Gasteiger partial charge is 0.183 e. The van der Waals surface area contributed by atoms with Crippen molar-refractivity contribution in [3.8, 4) is 10.6 Å². The Bertz CT molecular complexity index is 535. The van der Waals surface area contributed by atoms with Gasteiger partial charge >= 0.3 is 0 Å². The molecule has 0 unspecified atom stereocenters. The molecule has 0 bridgehead atoms. The van der Waals surface area contributed by atoms with E-state index in [-0.39, 0.29) is 5.41 Å². The summed E-state index contributed by atoms with van der Waals surface area (Å²) < 4.78 is 0. The van der Waals surface area contributed by atoms with Crippen molar-refractivity contribution in [3.63, 3.8) is 0 Å². The molecule has 0 saturated carbocycles.